The maximum atomic E-state index is 13.0. The van der Waals surface area contributed by atoms with Crippen molar-refractivity contribution in [2.45, 2.75) is 56.9 Å². The summed E-state index contributed by atoms with van der Waals surface area (Å²) in [6.07, 6.45) is -3.74. The smallest absolute Gasteiger partial charge is 0.338 e. The van der Waals surface area contributed by atoms with Gasteiger partial charge in [-0.15, -0.1) is 6.58 Å². The lowest BCUT2D eigenvalue weighted by Crippen LogP contribution is -2.61. The van der Waals surface area contributed by atoms with Crippen molar-refractivity contribution in [2.75, 3.05) is 6.61 Å². The van der Waals surface area contributed by atoms with E-state index >= 15 is 0 Å². The molecule has 38 heavy (non-hydrogen) atoms. The van der Waals surface area contributed by atoms with E-state index < -0.39 is 42.8 Å². The predicted molar refractivity (Wildman–Crippen MR) is 142 cm³/mol. The Kier molecular flexibility index (Phi) is 10.2. The molecule has 1 unspecified atom stereocenters. The molecule has 1 fully saturated rings. The molecular formula is C31H34O7. The summed E-state index contributed by atoms with van der Waals surface area (Å²) in [5.41, 5.74) is 2.28. The fourth-order valence-corrected chi connectivity index (χ4v) is 4.12. The minimum absolute atomic E-state index is 0.0862. The zero-order chi connectivity index (χ0) is 26.7. The molecule has 1 N–H and O–H groups in total. The van der Waals surface area contributed by atoms with Crippen molar-refractivity contribution in [3.05, 3.63) is 120 Å². The third kappa shape index (κ3) is 7.60. The molecule has 7 heteroatoms. The Bertz CT molecular complexity index is 1120. The summed E-state index contributed by atoms with van der Waals surface area (Å²) in [7, 11) is 0. The molecule has 0 aliphatic carbocycles. The first-order valence-corrected chi connectivity index (χ1v) is 12.7. The summed E-state index contributed by atoms with van der Waals surface area (Å²) in [5.74, 6) is -0.571. The number of benzene rings is 3. The number of hydrogen-bond acceptors (Lipinski definition) is 7. The third-order valence-electron chi connectivity index (χ3n) is 6.23. The maximum Gasteiger partial charge on any atom is 0.338 e. The molecule has 3 aromatic rings. The van der Waals surface area contributed by atoms with Gasteiger partial charge in [-0.2, -0.15) is 0 Å². The van der Waals surface area contributed by atoms with Gasteiger partial charge in [0, 0.05) is 0 Å². The second kappa shape index (κ2) is 14.0. The van der Waals surface area contributed by atoms with E-state index in [-0.39, 0.29) is 13.2 Å². The zero-order valence-corrected chi connectivity index (χ0v) is 21.4. The molecule has 4 rings (SSSR count). The average Bonchev–Trinajstić information content (AvgIpc) is 2.96. The van der Waals surface area contributed by atoms with E-state index in [1.807, 2.05) is 66.7 Å². The van der Waals surface area contributed by atoms with Crippen LogP contribution in [0.2, 0.25) is 0 Å². The Hall–Kier alpha value is -3.33. The van der Waals surface area contributed by atoms with Crippen LogP contribution in [-0.4, -0.2) is 54.5 Å². The highest BCUT2D eigenvalue weighted by atomic mass is 16.7. The van der Waals surface area contributed by atoms with Crippen LogP contribution in [0.5, 0.6) is 0 Å². The van der Waals surface area contributed by atoms with Crippen molar-refractivity contribution in [3.63, 3.8) is 0 Å². The van der Waals surface area contributed by atoms with Crippen molar-refractivity contribution < 1.29 is 33.6 Å². The Morgan fingerprint density at radius 3 is 2.11 bits per heavy atom. The van der Waals surface area contributed by atoms with Crippen LogP contribution < -0.4 is 0 Å². The van der Waals surface area contributed by atoms with E-state index in [1.54, 1.807) is 37.3 Å². The average molecular weight is 519 g/mol. The number of carbonyl (C=O) groups is 1. The van der Waals surface area contributed by atoms with Gasteiger partial charge in [0.2, 0.25) is 0 Å². The van der Waals surface area contributed by atoms with E-state index in [1.165, 1.54) is 0 Å². The van der Waals surface area contributed by atoms with E-state index in [0.717, 1.165) is 11.1 Å². The fraction of sp³-hybridized carbons (Fsp3) is 0.323. The second-order valence-electron chi connectivity index (χ2n) is 9.11. The van der Waals surface area contributed by atoms with Crippen LogP contribution >= 0.6 is 0 Å². The molecule has 0 amide bonds. The van der Waals surface area contributed by atoms with E-state index in [4.69, 9.17) is 23.7 Å². The molecule has 0 aromatic heterocycles. The Morgan fingerprint density at radius 1 is 0.921 bits per heavy atom. The number of carbonyl (C=O) groups excluding carboxylic acids is 1. The Labute approximate surface area is 223 Å². The second-order valence-corrected chi connectivity index (χ2v) is 9.11. The quantitative estimate of drug-likeness (QED) is 0.275. The molecule has 3 aromatic carbocycles. The monoisotopic (exact) mass is 518 g/mol. The SMILES string of the molecule is C=CC(C)O[C@@H]1O[C@H](COCc2ccccc2)[C@@H](O)[C@H](OCc2ccccc2)[C@H]1OC(=O)c1ccccc1. The summed E-state index contributed by atoms with van der Waals surface area (Å²) in [6, 6.07) is 27.9. The predicted octanol–water partition coefficient (Wildman–Crippen LogP) is 4.69. The Balaban J connectivity index is 1.55. The highest BCUT2D eigenvalue weighted by Crippen LogP contribution is 2.30. The number of ether oxygens (including phenoxy) is 5. The van der Waals surface area contributed by atoms with Crippen molar-refractivity contribution in [1.29, 1.82) is 0 Å². The fourth-order valence-electron chi connectivity index (χ4n) is 4.12. The lowest BCUT2D eigenvalue weighted by molar-refractivity contribution is -0.314. The van der Waals surface area contributed by atoms with Gasteiger partial charge in [0.05, 0.1) is 31.5 Å². The number of rotatable bonds is 12. The summed E-state index contributed by atoms with van der Waals surface area (Å²) in [5, 5.41) is 11.4. The van der Waals surface area contributed by atoms with Gasteiger partial charge >= 0.3 is 5.97 Å². The van der Waals surface area contributed by atoms with Gasteiger partial charge in [0.1, 0.15) is 18.3 Å². The van der Waals surface area contributed by atoms with Crippen LogP contribution in [0.1, 0.15) is 28.4 Å². The molecule has 0 bridgehead atoms. The summed E-state index contributed by atoms with van der Waals surface area (Å²) < 4.78 is 30.2. The number of aliphatic hydroxyl groups excluding tert-OH is 1. The number of hydrogen-bond donors (Lipinski definition) is 1. The van der Waals surface area contributed by atoms with Gasteiger partial charge in [-0.05, 0) is 30.2 Å². The highest BCUT2D eigenvalue weighted by Gasteiger charge is 2.49. The normalized spacial score (nSPS) is 23.9. The molecule has 1 aliphatic rings. The molecular weight excluding hydrogens is 484 g/mol. The minimum atomic E-state index is -1.15. The third-order valence-corrected chi connectivity index (χ3v) is 6.23. The van der Waals surface area contributed by atoms with Gasteiger partial charge in [-0.3, -0.25) is 0 Å². The van der Waals surface area contributed by atoms with Crippen LogP contribution in [0.4, 0.5) is 0 Å². The number of aliphatic hydroxyl groups is 1. The van der Waals surface area contributed by atoms with Crippen LogP contribution in [0.15, 0.2) is 104 Å². The molecule has 1 saturated heterocycles. The molecule has 1 heterocycles. The first-order chi connectivity index (χ1) is 18.5. The number of esters is 1. The summed E-state index contributed by atoms with van der Waals surface area (Å²) >= 11 is 0. The van der Waals surface area contributed by atoms with Crippen LogP contribution in [0.25, 0.3) is 0 Å². The Morgan fingerprint density at radius 2 is 1.50 bits per heavy atom. The van der Waals surface area contributed by atoms with Crippen LogP contribution in [-0.2, 0) is 36.9 Å². The molecule has 7 nitrogen and oxygen atoms in total. The van der Waals surface area contributed by atoms with Crippen LogP contribution in [0, 0.1) is 0 Å². The standard InChI is InChI=1S/C31H34O7/c1-3-22(2)36-31-29(38-30(33)25-17-11-6-12-18-25)28(35-20-24-15-9-5-10-16-24)27(32)26(37-31)21-34-19-23-13-7-4-8-14-23/h3-18,22,26-29,31-32H,1,19-21H2,2H3/t22?,26-,27-,28+,29-,31-/m1/s1. The zero-order valence-electron chi connectivity index (χ0n) is 21.4. The summed E-state index contributed by atoms with van der Waals surface area (Å²) in [6.45, 7) is 6.22. The maximum absolute atomic E-state index is 13.0. The van der Waals surface area contributed by atoms with E-state index in [2.05, 4.69) is 6.58 Å². The molecule has 0 radical (unpaired) electrons. The first kappa shape index (κ1) is 27.7. The topological polar surface area (TPSA) is 83.5 Å². The molecule has 200 valence electrons. The van der Waals surface area contributed by atoms with Gasteiger partial charge < -0.3 is 28.8 Å². The first-order valence-electron chi connectivity index (χ1n) is 12.7. The van der Waals surface area contributed by atoms with Gasteiger partial charge in [-0.25, -0.2) is 4.79 Å². The van der Waals surface area contributed by atoms with E-state index in [0.29, 0.717) is 12.2 Å². The van der Waals surface area contributed by atoms with Crippen molar-refractivity contribution in [1.82, 2.24) is 0 Å². The lowest BCUT2D eigenvalue weighted by Gasteiger charge is -2.44. The van der Waals surface area contributed by atoms with Crippen molar-refractivity contribution >= 4 is 5.97 Å². The van der Waals surface area contributed by atoms with Gasteiger partial charge in [0.25, 0.3) is 0 Å². The largest absolute Gasteiger partial charge is 0.450 e. The van der Waals surface area contributed by atoms with Gasteiger partial charge in [0.15, 0.2) is 12.4 Å². The van der Waals surface area contributed by atoms with Gasteiger partial charge in [-0.1, -0.05) is 84.9 Å². The highest BCUT2D eigenvalue weighted by molar-refractivity contribution is 5.89. The molecule has 1 aliphatic heterocycles. The van der Waals surface area contributed by atoms with Crippen LogP contribution in [0.3, 0.4) is 0 Å². The van der Waals surface area contributed by atoms with E-state index in [9.17, 15) is 9.90 Å². The molecule has 0 spiro atoms. The minimum Gasteiger partial charge on any atom is -0.450 e. The van der Waals surface area contributed by atoms with Crippen molar-refractivity contribution in [3.8, 4) is 0 Å². The van der Waals surface area contributed by atoms with Crippen molar-refractivity contribution in [2.24, 2.45) is 0 Å². The molecule has 6 atom stereocenters. The lowest BCUT2D eigenvalue weighted by atomic mass is 9.98. The summed E-state index contributed by atoms with van der Waals surface area (Å²) in [4.78, 5) is 13.0. The molecule has 0 saturated carbocycles.